The fourth-order valence-electron chi connectivity index (χ4n) is 3.93. The Bertz CT molecular complexity index is 1290. The van der Waals surface area contributed by atoms with E-state index in [1.165, 1.54) is 24.3 Å². The Hall–Kier alpha value is -3.84. The van der Waals surface area contributed by atoms with Crippen molar-refractivity contribution >= 4 is 22.5 Å². The number of benzene rings is 2. The molecule has 1 aliphatic rings. The van der Waals surface area contributed by atoms with Gasteiger partial charge in [-0.3, -0.25) is 9.78 Å². The highest BCUT2D eigenvalue weighted by Gasteiger charge is 2.15. The van der Waals surface area contributed by atoms with Crippen LogP contribution in [0.1, 0.15) is 23.2 Å². The second kappa shape index (κ2) is 9.34. The summed E-state index contributed by atoms with van der Waals surface area (Å²) in [4.78, 5) is 21.1. The van der Waals surface area contributed by atoms with Crippen LogP contribution in [0.25, 0.3) is 21.9 Å². The van der Waals surface area contributed by atoms with Crippen molar-refractivity contribution in [3.63, 3.8) is 0 Å². The molecule has 1 amide bonds. The van der Waals surface area contributed by atoms with Crippen molar-refractivity contribution in [2.75, 3.05) is 18.4 Å². The predicted octanol–water partition coefficient (Wildman–Crippen LogP) is 4.82. The van der Waals surface area contributed by atoms with Crippen LogP contribution < -0.4 is 15.4 Å². The van der Waals surface area contributed by atoms with Crippen LogP contribution in [0.3, 0.4) is 0 Å². The van der Waals surface area contributed by atoms with Gasteiger partial charge in [0.05, 0.1) is 6.20 Å². The smallest absolute Gasteiger partial charge is 0.256 e. The molecule has 1 fully saturated rings. The molecule has 0 unspecified atom stereocenters. The van der Waals surface area contributed by atoms with Crippen LogP contribution in [-0.4, -0.2) is 35.1 Å². The number of ether oxygens (including phenoxy) is 1. The van der Waals surface area contributed by atoms with E-state index < -0.39 is 0 Å². The van der Waals surface area contributed by atoms with Gasteiger partial charge in [0.2, 0.25) is 0 Å². The van der Waals surface area contributed by atoms with Gasteiger partial charge in [-0.2, -0.15) is 0 Å². The van der Waals surface area contributed by atoms with Gasteiger partial charge in [-0.25, -0.2) is 9.37 Å². The highest BCUT2D eigenvalue weighted by atomic mass is 19.1. The van der Waals surface area contributed by atoms with Gasteiger partial charge in [-0.05, 0) is 79.3 Å². The maximum Gasteiger partial charge on any atom is 0.256 e. The molecule has 7 heteroatoms. The van der Waals surface area contributed by atoms with Crippen LogP contribution in [-0.2, 0) is 0 Å². The van der Waals surface area contributed by atoms with Gasteiger partial charge < -0.3 is 15.4 Å². The number of carbonyl (C=O) groups is 1. The normalized spacial score (nSPS) is 14.2. The second-order valence-electron chi connectivity index (χ2n) is 8.07. The van der Waals surface area contributed by atoms with Crippen molar-refractivity contribution in [2.45, 2.75) is 18.9 Å². The number of piperidine rings is 1. The molecule has 6 nitrogen and oxygen atoms in total. The summed E-state index contributed by atoms with van der Waals surface area (Å²) >= 11 is 0. The minimum Gasteiger partial charge on any atom is -0.489 e. The highest BCUT2D eigenvalue weighted by molar-refractivity contribution is 6.04. The molecule has 1 aliphatic heterocycles. The summed E-state index contributed by atoms with van der Waals surface area (Å²) in [5.41, 5.74) is 2.31. The third-order valence-electron chi connectivity index (χ3n) is 5.71. The second-order valence-corrected chi connectivity index (χ2v) is 8.07. The van der Waals surface area contributed by atoms with Crippen molar-refractivity contribution in [3.05, 3.63) is 84.6 Å². The van der Waals surface area contributed by atoms with E-state index in [-0.39, 0.29) is 17.8 Å². The van der Waals surface area contributed by atoms with Crippen molar-refractivity contribution in [3.8, 4) is 16.9 Å². The summed E-state index contributed by atoms with van der Waals surface area (Å²) in [7, 11) is 0. The minimum atomic E-state index is -0.386. The summed E-state index contributed by atoms with van der Waals surface area (Å²) in [6, 6.07) is 15.3. The topological polar surface area (TPSA) is 76.1 Å². The number of anilines is 1. The number of amides is 1. The molecule has 2 N–H and O–H groups in total. The van der Waals surface area contributed by atoms with Crippen LogP contribution in [0.2, 0.25) is 0 Å². The number of pyridine rings is 2. The number of aromatic nitrogens is 2. The zero-order chi connectivity index (χ0) is 22.6. The molecule has 0 spiro atoms. The van der Waals surface area contributed by atoms with Crippen molar-refractivity contribution < 1.29 is 13.9 Å². The molecule has 5 rings (SSSR count). The van der Waals surface area contributed by atoms with Crippen LogP contribution in [0, 0.1) is 5.82 Å². The Kier molecular flexibility index (Phi) is 5.95. The third-order valence-corrected chi connectivity index (χ3v) is 5.71. The molecule has 1 saturated heterocycles. The van der Waals surface area contributed by atoms with Gasteiger partial charge in [0.1, 0.15) is 23.5 Å². The number of halogens is 1. The Morgan fingerprint density at radius 2 is 1.76 bits per heavy atom. The van der Waals surface area contributed by atoms with E-state index in [1.54, 1.807) is 12.4 Å². The van der Waals surface area contributed by atoms with Crippen molar-refractivity contribution in [1.82, 2.24) is 15.3 Å². The first-order valence-corrected chi connectivity index (χ1v) is 10.9. The van der Waals surface area contributed by atoms with Gasteiger partial charge in [-0.15, -0.1) is 0 Å². The van der Waals surface area contributed by atoms with Gasteiger partial charge in [-0.1, -0.05) is 12.1 Å². The van der Waals surface area contributed by atoms with Crippen molar-refractivity contribution in [2.24, 2.45) is 0 Å². The summed E-state index contributed by atoms with van der Waals surface area (Å²) in [6.07, 6.45) is 7.46. The van der Waals surface area contributed by atoms with E-state index in [4.69, 9.17) is 4.74 Å². The molecule has 33 heavy (non-hydrogen) atoms. The molecule has 0 bridgehead atoms. The van der Waals surface area contributed by atoms with Gasteiger partial charge in [0.15, 0.2) is 0 Å². The molecule has 0 radical (unpaired) electrons. The summed E-state index contributed by atoms with van der Waals surface area (Å²) in [5, 5.41) is 8.00. The molecule has 166 valence electrons. The summed E-state index contributed by atoms with van der Waals surface area (Å²) in [6.45, 7) is 1.94. The minimum absolute atomic E-state index is 0.207. The molecule has 2 aromatic carbocycles. The maximum absolute atomic E-state index is 13.1. The average Bonchev–Trinajstić information content (AvgIpc) is 2.85. The van der Waals surface area contributed by atoms with E-state index in [1.807, 2.05) is 36.5 Å². The standard InChI is InChI=1S/C26H23FN4O2/c27-22-5-3-17(4-6-22)26(32)31-25-13-20-11-18(1-2-19(20)15-30-25)21-12-24(16-29-14-21)33-23-7-9-28-10-8-23/h1-6,11-16,23,28H,7-10H2,(H,30,31,32). The first-order chi connectivity index (χ1) is 16.1. The fraction of sp³-hybridized carbons (Fsp3) is 0.192. The quantitative estimate of drug-likeness (QED) is 0.464. The molecule has 4 aromatic rings. The average molecular weight is 442 g/mol. The van der Waals surface area contributed by atoms with E-state index in [2.05, 4.69) is 20.6 Å². The number of fused-ring (bicyclic) bond motifs is 1. The van der Waals surface area contributed by atoms with Gasteiger partial charge in [0.25, 0.3) is 5.91 Å². The number of hydrogen-bond acceptors (Lipinski definition) is 5. The van der Waals surface area contributed by atoms with Crippen LogP contribution >= 0.6 is 0 Å². The number of hydrogen-bond donors (Lipinski definition) is 2. The number of nitrogens with one attached hydrogen (secondary N) is 2. The van der Waals surface area contributed by atoms with Crippen molar-refractivity contribution in [1.29, 1.82) is 0 Å². The summed E-state index contributed by atoms with van der Waals surface area (Å²) < 4.78 is 19.2. The number of carbonyl (C=O) groups excluding carboxylic acids is 1. The molecule has 0 saturated carbocycles. The number of nitrogens with zero attached hydrogens (tertiary/aromatic N) is 2. The van der Waals surface area contributed by atoms with Gasteiger partial charge >= 0.3 is 0 Å². The molecular weight excluding hydrogens is 419 g/mol. The molecule has 0 aliphatic carbocycles. The SMILES string of the molecule is O=C(Nc1cc2cc(-c3cncc(OC4CCNCC4)c3)ccc2cn1)c1ccc(F)cc1. The van der Waals surface area contributed by atoms with E-state index in [0.717, 1.165) is 53.6 Å². The summed E-state index contributed by atoms with van der Waals surface area (Å²) in [5.74, 6) is 0.462. The lowest BCUT2D eigenvalue weighted by Gasteiger charge is -2.23. The highest BCUT2D eigenvalue weighted by Crippen LogP contribution is 2.28. The Morgan fingerprint density at radius 1 is 0.939 bits per heavy atom. The lowest BCUT2D eigenvalue weighted by molar-refractivity contribution is 0.102. The Balaban J connectivity index is 1.37. The van der Waals surface area contributed by atoms with E-state index >= 15 is 0 Å². The molecule has 3 heterocycles. The fourth-order valence-corrected chi connectivity index (χ4v) is 3.93. The van der Waals surface area contributed by atoms with E-state index in [0.29, 0.717) is 11.4 Å². The Labute approximate surface area is 190 Å². The van der Waals surface area contributed by atoms with Crippen LogP contribution in [0.15, 0.2) is 73.2 Å². The zero-order valence-electron chi connectivity index (χ0n) is 17.9. The van der Waals surface area contributed by atoms with Gasteiger partial charge in [0, 0.05) is 28.9 Å². The Morgan fingerprint density at radius 3 is 2.58 bits per heavy atom. The maximum atomic E-state index is 13.1. The zero-order valence-corrected chi connectivity index (χ0v) is 17.9. The van der Waals surface area contributed by atoms with Crippen LogP contribution in [0.5, 0.6) is 5.75 Å². The largest absolute Gasteiger partial charge is 0.489 e. The molecule has 2 aromatic heterocycles. The molecular formula is C26H23FN4O2. The number of rotatable bonds is 5. The molecule has 0 atom stereocenters. The third kappa shape index (κ3) is 4.99. The van der Waals surface area contributed by atoms with E-state index in [9.17, 15) is 9.18 Å². The lowest BCUT2D eigenvalue weighted by Crippen LogP contribution is -2.34. The predicted molar refractivity (Wildman–Crippen MR) is 126 cm³/mol. The monoisotopic (exact) mass is 442 g/mol. The first kappa shape index (κ1) is 21.0. The van der Waals surface area contributed by atoms with Crippen LogP contribution in [0.4, 0.5) is 10.2 Å². The first-order valence-electron chi connectivity index (χ1n) is 10.9. The lowest BCUT2D eigenvalue weighted by atomic mass is 10.0.